The molecule has 17 heavy (non-hydrogen) atoms. The topological polar surface area (TPSA) is 22.4 Å². The van der Waals surface area contributed by atoms with Crippen LogP contribution in [0.15, 0.2) is 16.6 Å². The Balaban J connectivity index is 1.92. The van der Waals surface area contributed by atoms with Crippen LogP contribution in [0.4, 0.5) is 0 Å². The lowest BCUT2D eigenvalue weighted by atomic mass is 9.94. The summed E-state index contributed by atoms with van der Waals surface area (Å²) >= 11 is 0. The smallest absolute Gasteiger partial charge is 0.130 e. The van der Waals surface area contributed by atoms with E-state index in [9.17, 15) is 0 Å². The van der Waals surface area contributed by atoms with Crippen LogP contribution in [-0.2, 0) is 11.2 Å². The van der Waals surface area contributed by atoms with E-state index < -0.39 is 0 Å². The zero-order chi connectivity index (χ0) is 11.7. The van der Waals surface area contributed by atoms with Crippen molar-refractivity contribution in [2.45, 2.75) is 51.0 Å². The van der Waals surface area contributed by atoms with Crippen molar-refractivity contribution in [2.24, 2.45) is 0 Å². The molecule has 0 unspecified atom stereocenters. The van der Waals surface area contributed by atoms with Crippen molar-refractivity contribution in [3.8, 4) is 0 Å². The summed E-state index contributed by atoms with van der Waals surface area (Å²) in [5.41, 5.74) is 2.70. The molecule has 1 atom stereocenters. The van der Waals surface area contributed by atoms with Gasteiger partial charge in [-0.1, -0.05) is 6.08 Å². The van der Waals surface area contributed by atoms with Gasteiger partial charge in [-0.05, 0) is 50.2 Å². The third-order valence-corrected chi connectivity index (χ3v) is 3.95. The summed E-state index contributed by atoms with van der Waals surface area (Å²) in [4.78, 5) is 0. The Morgan fingerprint density at radius 2 is 2.18 bits per heavy atom. The Morgan fingerprint density at radius 1 is 1.24 bits per heavy atom. The van der Waals surface area contributed by atoms with E-state index >= 15 is 0 Å². The first-order valence-electron chi connectivity index (χ1n) is 6.73. The van der Waals surface area contributed by atoms with Crippen molar-refractivity contribution in [2.75, 3.05) is 7.11 Å². The summed E-state index contributed by atoms with van der Waals surface area (Å²) in [6, 6.07) is 2.22. The number of aryl methyl sites for hydroxylation is 1. The summed E-state index contributed by atoms with van der Waals surface area (Å²) in [6.07, 6.45) is 11.0. The van der Waals surface area contributed by atoms with Crippen molar-refractivity contribution in [1.82, 2.24) is 0 Å². The highest BCUT2D eigenvalue weighted by Crippen LogP contribution is 2.37. The molecule has 0 radical (unpaired) electrons. The monoisotopic (exact) mass is 232 g/mol. The molecule has 2 nitrogen and oxygen atoms in total. The third kappa shape index (κ3) is 2.06. The maximum Gasteiger partial charge on any atom is 0.130 e. The minimum absolute atomic E-state index is 0.250. The molecular formula is C15H20O2. The zero-order valence-corrected chi connectivity index (χ0v) is 10.5. The molecule has 92 valence electrons. The van der Waals surface area contributed by atoms with Crippen molar-refractivity contribution in [3.05, 3.63) is 29.2 Å². The lowest BCUT2D eigenvalue weighted by Gasteiger charge is -2.19. The van der Waals surface area contributed by atoms with Crippen LogP contribution >= 0.6 is 0 Å². The maximum atomic E-state index is 6.03. The maximum absolute atomic E-state index is 6.03. The minimum Gasteiger partial charge on any atom is -0.461 e. The molecule has 0 fully saturated rings. The van der Waals surface area contributed by atoms with E-state index in [1.807, 2.05) is 0 Å². The number of methoxy groups -OCH3 is 1. The van der Waals surface area contributed by atoms with Gasteiger partial charge in [-0.2, -0.15) is 0 Å². The highest BCUT2D eigenvalue weighted by Gasteiger charge is 2.25. The Labute approximate surface area is 103 Å². The van der Waals surface area contributed by atoms with Gasteiger partial charge in [0.1, 0.15) is 11.5 Å². The van der Waals surface area contributed by atoms with Gasteiger partial charge in [-0.3, -0.25) is 0 Å². The number of rotatable bonds is 2. The Hall–Kier alpha value is -1.02. The standard InChI is InChI=1S/C15H20O2/c1-16-13-8-5-9-14-12(13)10-15(17-14)11-6-3-2-4-7-11/h6,10,13H,2-5,7-9H2,1H3/t13-/m1/s1. The van der Waals surface area contributed by atoms with E-state index in [0.717, 1.165) is 24.4 Å². The molecule has 0 aliphatic heterocycles. The van der Waals surface area contributed by atoms with Crippen LogP contribution in [0, 0.1) is 0 Å². The Morgan fingerprint density at radius 3 is 2.94 bits per heavy atom. The zero-order valence-electron chi connectivity index (χ0n) is 10.5. The van der Waals surface area contributed by atoms with Gasteiger partial charge in [-0.25, -0.2) is 0 Å². The summed E-state index contributed by atoms with van der Waals surface area (Å²) in [5.74, 6) is 2.25. The predicted molar refractivity (Wildman–Crippen MR) is 67.8 cm³/mol. The van der Waals surface area contributed by atoms with Gasteiger partial charge in [0.05, 0.1) is 6.10 Å². The van der Waals surface area contributed by atoms with Crippen LogP contribution in [0.1, 0.15) is 61.7 Å². The van der Waals surface area contributed by atoms with Crippen LogP contribution in [0.3, 0.4) is 0 Å². The first kappa shape index (κ1) is 11.1. The second-order valence-electron chi connectivity index (χ2n) is 5.08. The molecule has 0 aromatic carbocycles. The summed E-state index contributed by atoms with van der Waals surface area (Å²) < 4.78 is 11.6. The third-order valence-electron chi connectivity index (χ3n) is 3.95. The van der Waals surface area contributed by atoms with Crippen LogP contribution < -0.4 is 0 Å². The lowest BCUT2D eigenvalue weighted by Crippen LogP contribution is -2.08. The second-order valence-corrected chi connectivity index (χ2v) is 5.08. The molecule has 2 heteroatoms. The summed E-state index contributed by atoms with van der Waals surface area (Å²) in [6.45, 7) is 0. The van der Waals surface area contributed by atoms with Crippen LogP contribution in [0.5, 0.6) is 0 Å². The van der Waals surface area contributed by atoms with E-state index in [1.165, 1.54) is 43.2 Å². The molecule has 3 rings (SSSR count). The van der Waals surface area contributed by atoms with E-state index in [4.69, 9.17) is 9.15 Å². The number of allylic oxidation sites excluding steroid dienone is 2. The number of hydrogen-bond donors (Lipinski definition) is 0. The van der Waals surface area contributed by atoms with Crippen LogP contribution in [-0.4, -0.2) is 7.11 Å². The minimum atomic E-state index is 0.250. The molecule has 2 aliphatic rings. The first-order chi connectivity index (χ1) is 8.38. The molecule has 2 aliphatic carbocycles. The average Bonchev–Trinajstić information content (AvgIpc) is 2.83. The van der Waals surface area contributed by atoms with Gasteiger partial charge in [0, 0.05) is 19.1 Å². The average molecular weight is 232 g/mol. The molecule has 0 saturated carbocycles. The Bertz CT molecular complexity index is 428. The molecule has 0 amide bonds. The lowest BCUT2D eigenvalue weighted by molar-refractivity contribution is 0.0857. The molecule has 0 spiro atoms. The van der Waals surface area contributed by atoms with Gasteiger partial charge < -0.3 is 9.15 Å². The largest absolute Gasteiger partial charge is 0.461 e. The molecule has 1 aromatic rings. The molecule has 1 heterocycles. The molecule has 0 N–H and O–H groups in total. The van der Waals surface area contributed by atoms with Crippen LogP contribution in [0.2, 0.25) is 0 Å². The number of fused-ring (bicyclic) bond motifs is 1. The highest BCUT2D eigenvalue weighted by atomic mass is 16.5. The predicted octanol–water partition coefficient (Wildman–Crippen LogP) is 4.26. The fraction of sp³-hybridized carbons (Fsp3) is 0.600. The van der Waals surface area contributed by atoms with Crippen molar-refractivity contribution >= 4 is 5.57 Å². The molecule has 1 aromatic heterocycles. The van der Waals surface area contributed by atoms with E-state index in [2.05, 4.69) is 12.1 Å². The Kier molecular flexibility index (Phi) is 3.06. The number of furan rings is 1. The first-order valence-corrected chi connectivity index (χ1v) is 6.73. The SMILES string of the molecule is CO[C@@H]1CCCc2oc(C3=CCCCC3)cc21. The van der Waals surface area contributed by atoms with Gasteiger partial charge in [-0.15, -0.1) is 0 Å². The molecular weight excluding hydrogens is 212 g/mol. The van der Waals surface area contributed by atoms with Gasteiger partial charge in [0.25, 0.3) is 0 Å². The molecule has 0 bridgehead atoms. The number of hydrogen-bond acceptors (Lipinski definition) is 2. The van der Waals surface area contributed by atoms with E-state index in [1.54, 1.807) is 7.11 Å². The van der Waals surface area contributed by atoms with Crippen molar-refractivity contribution in [3.63, 3.8) is 0 Å². The van der Waals surface area contributed by atoms with Crippen LogP contribution in [0.25, 0.3) is 5.57 Å². The van der Waals surface area contributed by atoms with Gasteiger partial charge in [0.2, 0.25) is 0 Å². The summed E-state index contributed by atoms with van der Waals surface area (Å²) in [7, 11) is 1.80. The fourth-order valence-corrected chi connectivity index (χ4v) is 2.98. The van der Waals surface area contributed by atoms with E-state index in [-0.39, 0.29) is 6.10 Å². The summed E-state index contributed by atoms with van der Waals surface area (Å²) in [5, 5.41) is 0. The van der Waals surface area contributed by atoms with Gasteiger partial charge in [0.15, 0.2) is 0 Å². The number of ether oxygens (including phenoxy) is 1. The van der Waals surface area contributed by atoms with E-state index in [0.29, 0.717) is 0 Å². The van der Waals surface area contributed by atoms with Crippen molar-refractivity contribution < 1.29 is 9.15 Å². The molecule has 0 saturated heterocycles. The normalized spacial score (nSPS) is 24.3. The highest BCUT2D eigenvalue weighted by molar-refractivity contribution is 5.63. The quantitative estimate of drug-likeness (QED) is 0.760. The fourth-order valence-electron chi connectivity index (χ4n) is 2.98. The van der Waals surface area contributed by atoms with Crippen molar-refractivity contribution in [1.29, 1.82) is 0 Å². The van der Waals surface area contributed by atoms with Gasteiger partial charge >= 0.3 is 0 Å². The second kappa shape index (κ2) is 4.69.